The number of benzene rings is 2. The lowest BCUT2D eigenvalue weighted by atomic mass is 10.1. The standard InChI is InChI=1S/C14H15ClN2O2S/c1-9-3-5-12(7-10(9)2)20(18,19)17-11-4-6-13(15)14(16)8-11/h3-8,17H,16H2,1-2H3. The van der Waals surface area contributed by atoms with E-state index in [-0.39, 0.29) is 4.90 Å². The molecule has 2 rings (SSSR count). The molecule has 0 aliphatic rings. The molecule has 0 bridgehead atoms. The summed E-state index contributed by atoms with van der Waals surface area (Å²) in [4.78, 5) is 0.217. The second-order valence-corrected chi connectivity index (χ2v) is 6.68. The van der Waals surface area contributed by atoms with Crippen LogP contribution in [-0.2, 0) is 10.0 Å². The minimum Gasteiger partial charge on any atom is -0.397 e. The Kier molecular flexibility index (Phi) is 3.92. The second-order valence-electron chi connectivity index (χ2n) is 4.59. The van der Waals surface area contributed by atoms with Gasteiger partial charge >= 0.3 is 0 Å². The molecule has 20 heavy (non-hydrogen) atoms. The largest absolute Gasteiger partial charge is 0.397 e. The van der Waals surface area contributed by atoms with Gasteiger partial charge in [-0.1, -0.05) is 17.7 Å². The van der Waals surface area contributed by atoms with E-state index in [2.05, 4.69) is 4.72 Å². The van der Waals surface area contributed by atoms with Gasteiger partial charge in [-0.05, 0) is 55.3 Å². The maximum absolute atomic E-state index is 12.3. The molecule has 0 fully saturated rings. The summed E-state index contributed by atoms with van der Waals surface area (Å²) >= 11 is 5.80. The van der Waals surface area contributed by atoms with E-state index < -0.39 is 10.0 Å². The SMILES string of the molecule is Cc1ccc(S(=O)(=O)Nc2ccc(Cl)c(N)c2)cc1C. The van der Waals surface area contributed by atoms with Gasteiger partial charge in [-0.25, -0.2) is 8.42 Å². The van der Waals surface area contributed by atoms with E-state index in [0.717, 1.165) is 11.1 Å². The molecular formula is C14H15ClN2O2S. The lowest BCUT2D eigenvalue weighted by molar-refractivity contribution is 0.601. The fraction of sp³-hybridized carbons (Fsp3) is 0.143. The van der Waals surface area contributed by atoms with Crippen LogP contribution in [0.3, 0.4) is 0 Å². The number of nitrogens with two attached hydrogens (primary N) is 1. The Bertz CT molecular complexity index is 758. The number of nitrogen functional groups attached to an aromatic ring is 1. The normalized spacial score (nSPS) is 11.3. The van der Waals surface area contributed by atoms with E-state index in [4.69, 9.17) is 17.3 Å². The monoisotopic (exact) mass is 310 g/mol. The van der Waals surface area contributed by atoms with Gasteiger partial charge in [-0.15, -0.1) is 0 Å². The van der Waals surface area contributed by atoms with Crippen molar-refractivity contribution in [2.24, 2.45) is 0 Å². The molecule has 0 unspecified atom stereocenters. The predicted octanol–water partition coefficient (Wildman–Crippen LogP) is 3.34. The van der Waals surface area contributed by atoms with Crippen molar-refractivity contribution in [1.82, 2.24) is 0 Å². The first-order chi connectivity index (χ1) is 9.29. The number of hydrogen-bond acceptors (Lipinski definition) is 3. The zero-order valence-corrected chi connectivity index (χ0v) is 12.7. The molecule has 4 nitrogen and oxygen atoms in total. The lowest BCUT2D eigenvalue weighted by Gasteiger charge is -2.10. The van der Waals surface area contributed by atoms with E-state index in [1.165, 1.54) is 6.07 Å². The second kappa shape index (κ2) is 5.34. The van der Waals surface area contributed by atoms with Crippen LogP contribution in [0.15, 0.2) is 41.3 Å². The molecule has 2 aromatic carbocycles. The molecule has 6 heteroatoms. The summed E-state index contributed by atoms with van der Waals surface area (Å²) < 4.78 is 27.0. The number of aryl methyl sites for hydroxylation is 2. The average Bonchev–Trinajstić information content (AvgIpc) is 2.37. The maximum atomic E-state index is 12.3. The molecule has 0 aromatic heterocycles. The molecule has 0 saturated heterocycles. The number of anilines is 2. The Morgan fingerprint density at radius 3 is 2.35 bits per heavy atom. The smallest absolute Gasteiger partial charge is 0.261 e. The number of halogens is 1. The minimum absolute atomic E-state index is 0.217. The van der Waals surface area contributed by atoms with Crippen LogP contribution in [0.1, 0.15) is 11.1 Å². The van der Waals surface area contributed by atoms with Crippen molar-refractivity contribution >= 4 is 33.0 Å². The van der Waals surface area contributed by atoms with E-state index in [1.54, 1.807) is 30.3 Å². The summed E-state index contributed by atoms with van der Waals surface area (Å²) in [5.41, 5.74) is 8.32. The predicted molar refractivity (Wildman–Crippen MR) is 82.6 cm³/mol. The third-order valence-corrected chi connectivity index (χ3v) is 4.76. The molecule has 3 N–H and O–H groups in total. The van der Waals surface area contributed by atoms with Crippen molar-refractivity contribution in [3.8, 4) is 0 Å². The molecule has 0 radical (unpaired) electrons. The Morgan fingerprint density at radius 1 is 1.05 bits per heavy atom. The lowest BCUT2D eigenvalue weighted by Crippen LogP contribution is -2.13. The quantitative estimate of drug-likeness (QED) is 0.854. The molecule has 0 amide bonds. The van der Waals surface area contributed by atoms with E-state index >= 15 is 0 Å². The van der Waals surface area contributed by atoms with Crippen LogP contribution in [-0.4, -0.2) is 8.42 Å². The summed E-state index contributed by atoms with van der Waals surface area (Å²) in [5, 5.41) is 0.388. The topological polar surface area (TPSA) is 72.2 Å². The highest BCUT2D eigenvalue weighted by atomic mass is 35.5. The summed E-state index contributed by atoms with van der Waals surface area (Å²) in [5.74, 6) is 0. The van der Waals surface area contributed by atoms with Crippen molar-refractivity contribution < 1.29 is 8.42 Å². The summed E-state index contributed by atoms with van der Waals surface area (Å²) in [6, 6.07) is 9.59. The number of sulfonamides is 1. The molecule has 0 aliphatic heterocycles. The van der Waals surface area contributed by atoms with Gasteiger partial charge in [0.1, 0.15) is 0 Å². The van der Waals surface area contributed by atoms with Crippen molar-refractivity contribution in [2.75, 3.05) is 10.5 Å². The van der Waals surface area contributed by atoms with Gasteiger partial charge in [0, 0.05) is 0 Å². The van der Waals surface area contributed by atoms with E-state index in [1.807, 2.05) is 13.8 Å². The minimum atomic E-state index is -3.63. The van der Waals surface area contributed by atoms with Crippen LogP contribution in [0.4, 0.5) is 11.4 Å². The highest BCUT2D eigenvalue weighted by Gasteiger charge is 2.15. The third kappa shape index (κ3) is 3.05. The molecule has 0 heterocycles. The summed E-state index contributed by atoms with van der Waals surface area (Å²) in [6.45, 7) is 3.80. The van der Waals surface area contributed by atoms with Crippen LogP contribution < -0.4 is 10.5 Å². The number of hydrogen-bond donors (Lipinski definition) is 2. The third-order valence-electron chi connectivity index (χ3n) is 3.04. The maximum Gasteiger partial charge on any atom is 0.261 e. The van der Waals surface area contributed by atoms with Crippen LogP contribution in [0.2, 0.25) is 5.02 Å². The first-order valence-corrected chi connectivity index (χ1v) is 7.81. The van der Waals surface area contributed by atoms with Crippen molar-refractivity contribution in [1.29, 1.82) is 0 Å². The Balaban J connectivity index is 2.35. The van der Waals surface area contributed by atoms with Gasteiger partial charge in [0.15, 0.2) is 0 Å². The first-order valence-electron chi connectivity index (χ1n) is 5.95. The van der Waals surface area contributed by atoms with Crippen molar-refractivity contribution in [3.63, 3.8) is 0 Å². The van der Waals surface area contributed by atoms with Gasteiger partial charge in [0.2, 0.25) is 0 Å². The van der Waals surface area contributed by atoms with Gasteiger partial charge in [0.05, 0.1) is 21.3 Å². The molecule has 106 valence electrons. The van der Waals surface area contributed by atoms with Gasteiger partial charge in [0.25, 0.3) is 10.0 Å². The fourth-order valence-electron chi connectivity index (χ4n) is 1.70. The zero-order chi connectivity index (χ0) is 14.9. The van der Waals surface area contributed by atoms with E-state index in [9.17, 15) is 8.42 Å². The average molecular weight is 311 g/mol. The fourth-order valence-corrected chi connectivity index (χ4v) is 2.95. The highest BCUT2D eigenvalue weighted by Crippen LogP contribution is 2.24. The Labute approximate surface area is 123 Å². The summed E-state index contributed by atoms with van der Waals surface area (Å²) in [7, 11) is -3.63. The number of nitrogens with one attached hydrogen (secondary N) is 1. The van der Waals surface area contributed by atoms with Gasteiger partial charge in [-0.3, -0.25) is 4.72 Å². The highest BCUT2D eigenvalue weighted by molar-refractivity contribution is 7.92. The first kappa shape index (κ1) is 14.7. The van der Waals surface area contributed by atoms with Crippen LogP contribution >= 0.6 is 11.6 Å². The van der Waals surface area contributed by atoms with Crippen LogP contribution in [0.25, 0.3) is 0 Å². The van der Waals surface area contributed by atoms with Crippen LogP contribution in [0, 0.1) is 13.8 Å². The van der Waals surface area contributed by atoms with Crippen LogP contribution in [0.5, 0.6) is 0 Å². The molecule has 2 aromatic rings. The molecule has 0 aliphatic carbocycles. The van der Waals surface area contributed by atoms with Gasteiger partial charge in [-0.2, -0.15) is 0 Å². The molecule has 0 atom stereocenters. The Hall–Kier alpha value is -1.72. The number of rotatable bonds is 3. The molecule has 0 saturated carbocycles. The zero-order valence-electron chi connectivity index (χ0n) is 11.1. The molecular weight excluding hydrogens is 296 g/mol. The van der Waals surface area contributed by atoms with E-state index in [0.29, 0.717) is 16.4 Å². The molecule has 0 spiro atoms. The van der Waals surface area contributed by atoms with Gasteiger partial charge < -0.3 is 5.73 Å². The summed E-state index contributed by atoms with van der Waals surface area (Å²) in [6.07, 6.45) is 0. The van der Waals surface area contributed by atoms with Crippen molar-refractivity contribution in [2.45, 2.75) is 18.7 Å². The van der Waals surface area contributed by atoms with Crippen molar-refractivity contribution in [3.05, 3.63) is 52.5 Å². The Morgan fingerprint density at radius 2 is 1.75 bits per heavy atom.